The van der Waals surface area contributed by atoms with Crippen molar-refractivity contribution in [2.75, 3.05) is 24.6 Å². The number of rotatable bonds is 3. The van der Waals surface area contributed by atoms with Crippen LogP contribution in [0.4, 0.5) is 5.82 Å². The third-order valence-electron chi connectivity index (χ3n) is 4.25. The van der Waals surface area contributed by atoms with Crippen LogP contribution in [0, 0.1) is 0 Å². The van der Waals surface area contributed by atoms with Gasteiger partial charge in [-0.15, -0.1) is 0 Å². The maximum absolute atomic E-state index is 12.2. The topological polar surface area (TPSA) is 54.5 Å². The maximum atomic E-state index is 12.2. The molecule has 1 aliphatic carbocycles. The third kappa shape index (κ3) is 3.33. The van der Waals surface area contributed by atoms with E-state index in [1.54, 1.807) is 0 Å². The van der Waals surface area contributed by atoms with E-state index in [1.807, 2.05) is 24.3 Å². The van der Waals surface area contributed by atoms with Crippen LogP contribution in [-0.2, 0) is 9.53 Å². The molecule has 1 saturated heterocycles. The van der Waals surface area contributed by atoms with Crippen LogP contribution in [0.1, 0.15) is 12.8 Å². The standard InChI is InChI=1S/C17H18BrN3O2/c18-12-3-1-11-2-6-16(20-14(11)9-12)21-7-8-23-15(10-21)17(22)19-13-4-5-13/h1-3,6,9,13,15H,4-5,7-8,10H2,(H,19,22). The second-order valence-corrected chi connectivity index (χ2v) is 7.01. The molecule has 1 atom stereocenters. The van der Waals surface area contributed by atoms with Crippen LogP contribution in [0.2, 0.25) is 0 Å². The molecular weight excluding hydrogens is 358 g/mol. The first-order chi connectivity index (χ1) is 11.2. The van der Waals surface area contributed by atoms with E-state index in [-0.39, 0.29) is 5.91 Å². The summed E-state index contributed by atoms with van der Waals surface area (Å²) in [5.41, 5.74) is 0.947. The van der Waals surface area contributed by atoms with Gasteiger partial charge >= 0.3 is 0 Å². The van der Waals surface area contributed by atoms with Crippen molar-refractivity contribution in [3.8, 4) is 0 Å². The second kappa shape index (κ2) is 6.09. The van der Waals surface area contributed by atoms with Crippen LogP contribution in [0.15, 0.2) is 34.8 Å². The van der Waals surface area contributed by atoms with Crippen LogP contribution in [-0.4, -0.2) is 42.7 Å². The van der Waals surface area contributed by atoms with Crippen LogP contribution in [0.25, 0.3) is 10.9 Å². The van der Waals surface area contributed by atoms with E-state index >= 15 is 0 Å². The number of amides is 1. The van der Waals surface area contributed by atoms with Crippen molar-refractivity contribution in [3.05, 3.63) is 34.8 Å². The first-order valence-electron chi connectivity index (χ1n) is 7.92. The fourth-order valence-corrected chi connectivity index (χ4v) is 3.14. The molecule has 23 heavy (non-hydrogen) atoms. The summed E-state index contributed by atoms with van der Waals surface area (Å²) in [4.78, 5) is 19.1. The van der Waals surface area contributed by atoms with Crippen LogP contribution in [0.5, 0.6) is 0 Å². The Bertz CT molecular complexity index is 748. The van der Waals surface area contributed by atoms with Gasteiger partial charge in [0.2, 0.25) is 0 Å². The highest BCUT2D eigenvalue weighted by atomic mass is 79.9. The van der Waals surface area contributed by atoms with E-state index in [4.69, 9.17) is 9.72 Å². The number of morpholine rings is 1. The largest absolute Gasteiger partial charge is 0.365 e. The summed E-state index contributed by atoms with van der Waals surface area (Å²) in [7, 11) is 0. The Kier molecular flexibility index (Phi) is 3.95. The number of pyridine rings is 1. The van der Waals surface area contributed by atoms with Gasteiger partial charge in [-0.25, -0.2) is 4.98 Å². The molecule has 6 heteroatoms. The number of fused-ring (bicyclic) bond motifs is 1. The lowest BCUT2D eigenvalue weighted by Gasteiger charge is -2.33. The zero-order chi connectivity index (χ0) is 15.8. The minimum atomic E-state index is -0.413. The SMILES string of the molecule is O=C(NC1CC1)C1CN(c2ccc3ccc(Br)cc3n2)CCO1. The number of hydrogen-bond donors (Lipinski definition) is 1. The fourth-order valence-electron chi connectivity index (χ4n) is 2.79. The van der Waals surface area contributed by atoms with E-state index in [9.17, 15) is 4.79 Å². The maximum Gasteiger partial charge on any atom is 0.251 e. The molecule has 1 saturated carbocycles. The summed E-state index contributed by atoms with van der Waals surface area (Å²) in [5, 5.41) is 4.12. The van der Waals surface area contributed by atoms with Gasteiger partial charge in [-0.3, -0.25) is 4.79 Å². The van der Waals surface area contributed by atoms with Gasteiger partial charge in [-0.2, -0.15) is 0 Å². The number of nitrogens with zero attached hydrogens (tertiary/aromatic N) is 2. The van der Waals surface area contributed by atoms with Crippen molar-refractivity contribution in [1.82, 2.24) is 10.3 Å². The molecule has 1 N–H and O–H groups in total. The Labute approximate surface area is 143 Å². The predicted molar refractivity (Wildman–Crippen MR) is 92.6 cm³/mol. The summed E-state index contributed by atoms with van der Waals surface area (Å²) in [6.45, 7) is 1.84. The number of nitrogens with one attached hydrogen (secondary N) is 1. The van der Waals surface area contributed by atoms with Crippen molar-refractivity contribution < 1.29 is 9.53 Å². The molecule has 2 aliphatic rings. The van der Waals surface area contributed by atoms with E-state index in [0.717, 1.165) is 40.6 Å². The number of anilines is 1. The molecule has 2 fully saturated rings. The van der Waals surface area contributed by atoms with Crippen molar-refractivity contribution in [1.29, 1.82) is 0 Å². The summed E-state index contributed by atoms with van der Waals surface area (Å²) in [6, 6.07) is 10.5. The van der Waals surface area contributed by atoms with E-state index < -0.39 is 6.10 Å². The van der Waals surface area contributed by atoms with Gasteiger partial charge in [0, 0.05) is 22.4 Å². The first-order valence-corrected chi connectivity index (χ1v) is 8.71. The Hall–Kier alpha value is -1.66. The van der Waals surface area contributed by atoms with Crippen molar-refractivity contribution in [3.63, 3.8) is 0 Å². The van der Waals surface area contributed by atoms with Crippen LogP contribution < -0.4 is 10.2 Å². The minimum Gasteiger partial charge on any atom is -0.365 e. The molecule has 120 valence electrons. The van der Waals surface area contributed by atoms with Gasteiger partial charge < -0.3 is 15.0 Å². The molecule has 1 unspecified atom stereocenters. The molecular formula is C17H18BrN3O2. The average molecular weight is 376 g/mol. The molecule has 1 aromatic carbocycles. The lowest BCUT2D eigenvalue weighted by Crippen LogP contribution is -2.50. The Morgan fingerprint density at radius 2 is 2.13 bits per heavy atom. The number of carbonyl (C=O) groups excluding carboxylic acids is 1. The molecule has 1 aliphatic heterocycles. The van der Waals surface area contributed by atoms with Crippen molar-refractivity contribution in [2.24, 2.45) is 0 Å². The molecule has 4 rings (SSSR count). The van der Waals surface area contributed by atoms with E-state index in [1.165, 1.54) is 0 Å². The van der Waals surface area contributed by atoms with Gasteiger partial charge in [-0.1, -0.05) is 22.0 Å². The zero-order valence-electron chi connectivity index (χ0n) is 12.7. The lowest BCUT2D eigenvalue weighted by molar-refractivity contribution is -0.133. The third-order valence-corrected chi connectivity index (χ3v) is 4.74. The van der Waals surface area contributed by atoms with Crippen LogP contribution in [0.3, 0.4) is 0 Å². The van der Waals surface area contributed by atoms with Gasteiger partial charge in [0.05, 0.1) is 18.7 Å². The summed E-state index contributed by atoms with van der Waals surface area (Å²) in [5.74, 6) is 0.892. The number of benzene rings is 1. The number of carbonyl (C=O) groups is 1. The molecule has 0 spiro atoms. The smallest absolute Gasteiger partial charge is 0.251 e. The minimum absolute atomic E-state index is 0.000679. The second-order valence-electron chi connectivity index (χ2n) is 6.09. The Morgan fingerprint density at radius 1 is 1.30 bits per heavy atom. The molecule has 1 amide bonds. The van der Waals surface area contributed by atoms with Crippen molar-refractivity contribution in [2.45, 2.75) is 25.0 Å². The predicted octanol–water partition coefficient (Wildman–Crippen LogP) is 2.48. The Balaban J connectivity index is 1.53. The molecule has 5 nitrogen and oxygen atoms in total. The highest BCUT2D eigenvalue weighted by Crippen LogP contribution is 2.23. The van der Waals surface area contributed by atoms with Gasteiger partial charge in [0.15, 0.2) is 6.10 Å². The number of aromatic nitrogens is 1. The quantitative estimate of drug-likeness (QED) is 0.895. The normalized spacial score (nSPS) is 21.4. The number of hydrogen-bond acceptors (Lipinski definition) is 4. The van der Waals surface area contributed by atoms with Crippen LogP contribution >= 0.6 is 15.9 Å². The lowest BCUT2D eigenvalue weighted by atomic mass is 10.2. The summed E-state index contributed by atoms with van der Waals surface area (Å²) < 4.78 is 6.65. The summed E-state index contributed by atoms with van der Waals surface area (Å²) >= 11 is 3.48. The first kappa shape index (κ1) is 14.9. The molecule has 0 bridgehead atoms. The Morgan fingerprint density at radius 3 is 2.96 bits per heavy atom. The highest BCUT2D eigenvalue weighted by Gasteiger charge is 2.31. The number of ether oxygens (including phenoxy) is 1. The van der Waals surface area contributed by atoms with Gasteiger partial charge in [-0.05, 0) is 37.1 Å². The molecule has 2 aromatic rings. The number of halogens is 1. The van der Waals surface area contributed by atoms with E-state index in [2.05, 4.69) is 32.2 Å². The van der Waals surface area contributed by atoms with Gasteiger partial charge in [0.1, 0.15) is 5.82 Å². The van der Waals surface area contributed by atoms with Gasteiger partial charge in [0.25, 0.3) is 5.91 Å². The van der Waals surface area contributed by atoms with E-state index in [0.29, 0.717) is 19.2 Å². The molecule has 0 radical (unpaired) electrons. The fraction of sp³-hybridized carbons (Fsp3) is 0.412. The zero-order valence-corrected chi connectivity index (χ0v) is 14.3. The average Bonchev–Trinajstić information content (AvgIpc) is 3.38. The highest BCUT2D eigenvalue weighted by molar-refractivity contribution is 9.10. The summed E-state index contributed by atoms with van der Waals surface area (Å²) in [6.07, 6.45) is 1.76. The molecule has 2 heterocycles. The molecule has 1 aromatic heterocycles. The van der Waals surface area contributed by atoms with Crippen molar-refractivity contribution >= 4 is 38.6 Å². The monoisotopic (exact) mass is 375 g/mol.